The van der Waals surface area contributed by atoms with E-state index in [1.807, 2.05) is 10.9 Å². The second kappa shape index (κ2) is 7.45. The van der Waals surface area contributed by atoms with Crippen LogP contribution in [-0.4, -0.2) is 55.8 Å². The minimum absolute atomic E-state index is 0.971. The normalized spacial score (nSPS) is 16.3. The molecule has 138 valence electrons. The Morgan fingerprint density at radius 2 is 2.08 bits per heavy atom. The Morgan fingerprint density at radius 1 is 1.15 bits per heavy atom. The molecule has 0 aromatic carbocycles. The summed E-state index contributed by atoms with van der Waals surface area (Å²) in [5.41, 5.74) is 4.48. The van der Waals surface area contributed by atoms with E-state index in [0.717, 1.165) is 74.7 Å². The molecule has 4 rings (SSSR count). The average Bonchev–Trinajstić information content (AvgIpc) is 3.15. The molecule has 1 aliphatic heterocycles. The summed E-state index contributed by atoms with van der Waals surface area (Å²) in [5, 5.41) is 4.45. The predicted octanol–water partition coefficient (Wildman–Crippen LogP) is 2.59. The largest absolute Gasteiger partial charge is 0.354 e. The van der Waals surface area contributed by atoms with Crippen LogP contribution in [0.15, 0.2) is 24.8 Å². The highest BCUT2D eigenvalue weighted by atomic mass is 15.3. The van der Waals surface area contributed by atoms with Crippen LogP contribution >= 0.6 is 0 Å². The molecule has 0 bridgehead atoms. The molecule has 0 amide bonds. The summed E-state index contributed by atoms with van der Waals surface area (Å²) in [5.74, 6) is 1.03. The van der Waals surface area contributed by atoms with Crippen molar-refractivity contribution in [3.63, 3.8) is 0 Å². The SMILES string of the molecule is CCCn1cc(CN2CCCN(c3ncnc4cc(C)[nH]c34)CC2)cn1. The third kappa shape index (κ3) is 3.58. The lowest BCUT2D eigenvalue weighted by Crippen LogP contribution is -2.31. The minimum Gasteiger partial charge on any atom is -0.354 e. The molecule has 7 nitrogen and oxygen atoms in total. The first-order valence-electron chi connectivity index (χ1n) is 9.52. The standard InChI is InChI=1S/C19H27N7/c1-3-5-26-13-16(11-22-26)12-24-6-4-7-25(9-8-24)19-18-17(20-14-21-19)10-15(2)23-18/h10-11,13-14,23H,3-9,12H2,1-2H3. The first-order chi connectivity index (χ1) is 12.7. The zero-order chi connectivity index (χ0) is 17.9. The van der Waals surface area contributed by atoms with Crippen molar-refractivity contribution < 1.29 is 0 Å². The van der Waals surface area contributed by atoms with Crippen LogP contribution < -0.4 is 4.90 Å². The fourth-order valence-electron chi connectivity index (χ4n) is 3.74. The monoisotopic (exact) mass is 353 g/mol. The van der Waals surface area contributed by atoms with Gasteiger partial charge in [0, 0.05) is 56.7 Å². The Bertz CT molecular complexity index is 866. The molecule has 4 heterocycles. The first-order valence-corrected chi connectivity index (χ1v) is 9.52. The molecular formula is C19H27N7. The van der Waals surface area contributed by atoms with Crippen molar-refractivity contribution >= 4 is 16.9 Å². The van der Waals surface area contributed by atoms with E-state index in [4.69, 9.17) is 0 Å². The summed E-state index contributed by atoms with van der Waals surface area (Å²) in [7, 11) is 0. The molecule has 0 unspecified atom stereocenters. The maximum absolute atomic E-state index is 4.57. The highest BCUT2D eigenvalue weighted by Crippen LogP contribution is 2.24. The number of aromatic amines is 1. The lowest BCUT2D eigenvalue weighted by Gasteiger charge is -2.22. The summed E-state index contributed by atoms with van der Waals surface area (Å²) in [6.07, 6.45) is 8.12. The van der Waals surface area contributed by atoms with E-state index in [-0.39, 0.29) is 0 Å². The number of hydrogen-bond acceptors (Lipinski definition) is 5. The van der Waals surface area contributed by atoms with Crippen molar-refractivity contribution in [2.45, 2.75) is 39.8 Å². The number of anilines is 1. The van der Waals surface area contributed by atoms with Crippen LogP contribution in [0.1, 0.15) is 31.0 Å². The van der Waals surface area contributed by atoms with E-state index in [1.165, 1.54) is 5.56 Å². The van der Waals surface area contributed by atoms with Gasteiger partial charge in [-0.05, 0) is 25.8 Å². The molecule has 3 aromatic rings. The molecule has 0 saturated carbocycles. The van der Waals surface area contributed by atoms with Gasteiger partial charge >= 0.3 is 0 Å². The molecule has 0 spiro atoms. The van der Waals surface area contributed by atoms with Crippen molar-refractivity contribution in [3.05, 3.63) is 36.0 Å². The minimum atomic E-state index is 0.971. The van der Waals surface area contributed by atoms with Gasteiger partial charge in [0.25, 0.3) is 0 Å². The van der Waals surface area contributed by atoms with Crippen molar-refractivity contribution in [2.75, 3.05) is 31.1 Å². The fourth-order valence-corrected chi connectivity index (χ4v) is 3.74. The van der Waals surface area contributed by atoms with Crippen LogP contribution in [0.5, 0.6) is 0 Å². The van der Waals surface area contributed by atoms with E-state index in [2.05, 4.69) is 56.0 Å². The van der Waals surface area contributed by atoms with Crippen molar-refractivity contribution in [1.29, 1.82) is 0 Å². The summed E-state index contributed by atoms with van der Waals surface area (Å²) in [6, 6.07) is 2.08. The Hall–Kier alpha value is -2.41. The van der Waals surface area contributed by atoms with Gasteiger partial charge in [-0.2, -0.15) is 5.10 Å². The van der Waals surface area contributed by atoms with E-state index >= 15 is 0 Å². The molecule has 26 heavy (non-hydrogen) atoms. The molecule has 3 aromatic heterocycles. The van der Waals surface area contributed by atoms with Crippen LogP contribution in [-0.2, 0) is 13.1 Å². The number of nitrogens with zero attached hydrogens (tertiary/aromatic N) is 6. The molecule has 0 aliphatic carbocycles. The molecular weight excluding hydrogens is 326 g/mol. The summed E-state index contributed by atoms with van der Waals surface area (Å²) in [6.45, 7) is 10.3. The number of H-pyrrole nitrogens is 1. The number of fused-ring (bicyclic) bond motifs is 1. The van der Waals surface area contributed by atoms with Gasteiger partial charge in [-0.3, -0.25) is 9.58 Å². The van der Waals surface area contributed by atoms with Gasteiger partial charge in [0.2, 0.25) is 0 Å². The molecule has 0 atom stereocenters. The second-order valence-corrected chi connectivity index (χ2v) is 7.14. The Kier molecular flexibility index (Phi) is 4.88. The number of rotatable bonds is 5. The quantitative estimate of drug-likeness (QED) is 0.764. The van der Waals surface area contributed by atoms with Crippen LogP contribution in [0.4, 0.5) is 5.82 Å². The fraction of sp³-hybridized carbons (Fsp3) is 0.526. The zero-order valence-electron chi connectivity index (χ0n) is 15.6. The van der Waals surface area contributed by atoms with Crippen LogP contribution in [0.2, 0.25) is 0 Å². The van der Waals surface area contributed by atoms with Gasteiger partial charge in [0.1, 0.15) is 11.8 Å². The van der Waals surface area contributed by atoms with Gasteiger partial charge in [0.05, 0.1) is 11.7 Å². The van der Waals surface area contributed by atoms with Gasteiger partial charge in [-0.1, -0.05) is 6.92 Å². The Balaban J connectivity index is 1.44. The summed E-state index contributed by atoms with van der Waals surface area (Å²) >= 11 is 0. The van der Waals surface area contributed by atoms with E-state index in [0.29, 0.717) is 0 Å². The van der Waals surface area contributed by atoms with E-state index in [1.54, 1.807) is 6.33 Å². The maximum Gasteiger partial charge on any atom is 0.156 e. The highest BCUT2D eigenvalue weighted by molar-refractivity contribution is 5.86. The van der Waals surface area contributed by atoms with E-state index < -0.39 is 0 Å². The van der Waals surface area contributed by atoms with Crippen LogP contribution in [0, 0.1) is 6.92 Å². The average molecular weight is 353 g/mol. The molecule has 1 fully saturated rings. The predicted molar refractivity (Wildman–Crippen MR) is 103 cm³/mol. The third-order valence-electron chi connectivity index (χ3n) is 4.97. The topological polar surface area (TPSA) is 65.9 Å². The molecule has 1 saturated heterocycles. The smallest absolute Gasteiger partial charge is 0.156 e. The number of hydrogen-bond donors (Lipinski definition) is 1. The van der Waals surface area contributed by atoms with Crippen molar-refractivity contribution in [2.24, 2.45) is 0 Å². The summed E-state index contributed by atoms with van der Waals surface area (Å²) in [4.78, 5) is 17.3. The summed E-state index contributed by atoms with van der Waals surface area (Å²) < 4.78 is 2.05. The van der Waals surface area contributed by atoms with Crippen LogP contribution in [0.25, 0.3) is 11.0 Å². The highest BCUT2D eigenvalue weighted by Gasteiger charge is 2.19. The van der Waals surface area contributed by atoms with Gasteiger partial charge in [0.15, 0.2) is 5.82 Å². The molecule has 1 aliphatic rings. The Morgan fingerprint density at radius 3 is 2.96 bits per heavy atom. The lowest BCUT2D eigenvalue weighted by molar-refractivity contribution is 0.285. The number of aryl methyl sites for hydroxylation is 2. The van der Waals surface area contributed by atoms with Crippen molar-refractivity contribution in [3.8, 4) is 0 Å². The molecule has 1 N–H and O–H groups in total. The maximum atomic E-state index is 4.57. The van der Waals surface area contributed by atoms with E-state index in [9.17, 15) is 0 Å². The number of nitrogens with one attached hydrogen (secondary N) is 1. The van der Waals surface area contributed by atoms with Gasteiger partial charge < -0.3 is 9.88 Å². The van der Waals surface area contributed by atoms with Gasteiger partial charge in [-0.15, -0.1) is 0 Å². The zero-order valence-corrected chi connectivity index (χ0v) is 15.6. The molecule has 7 heteroatoms. The van der Waals surface area contributed by atoms with Crippen molar-refractivity contribution in [1.82, 2.24) is 29.6 Å². The first kappa shape index (κ1) is 17.0. The lowest BCUT2D eigenvalue weighted by atomic mass is 10.3. The Labute approximate surface area is 154 Å². The number of aromatic nitrogens is 5. The molecule has 0 radical (unpaired) electrons. The second-order valence-electron chi connectivity index (χ2n) is 7.14. The van der Waals surface area contributed by atoms with Gasteiger partial charge in [-0.25, -0.2) is 9.97 Å². The van der Waals surface area contributed by atoms with Crippen LogP contribution in [0.3, 0.4) is 0 Å². The third-order valence-corrected chi connectivity index (χ3v) is 4.97.